The topological polar surface area (TPSA) is 67.6 Å². The van der Waals surface area contributed by atoms with Crippen molar-refractivity contribution in [3.63, 3.8) is 0 Å². The van der Waals surface area contributed by atoms with E-state index in [0.29, 0.717) is 19.1 Å². The summed E-state index contributed by atoms with van der Waals surface area (Å²) < 4.78 is 4.97. The lowest BCUT2D eigenvalue weighted by molar-refractivity contribution is -0.123. The van der Waals surface area contributed by atoms with Crippen molar-refractivity contribution in [3.05, 3.63) is 0 Å². The molecule has 2 fully saturated rings. The van der Waals surface area contributed by atoms with E-state index in [2.05, 4.69) is 10.2 Å². The van der Waals surface area contributed by atoms with Gasteiger partial charge in [-0.15, -0.1) is 0 Å². The van der Waals surface area contributed by atoms with Crippen LogP contribution < -0.4 is 11.1 Å². The van der Waals surface area contributed by atoms with Crippen LogP contribution >= 0.6 is 0 Å². The molecule has 3 N–H and O–H groups in total. The Morgan fingerprint density at radius 1 is 1.37 bits per heavy atom. The van der Waals surface area contributed by atoms with Crippen LogP contribution in [0.1, 0.15) is 38.5 Å². The van der Waals surface area contributed by atoms with Gasteiger partial charge in [0.15, 0.2) is 0 Å². The zero-order chi connectivity index (χ0) is 13.7. The number of rotatable bonds is 7. The first kappa shape index (κ1) is 14.8. The van der Waals surface area contributed by atoms with Crippen molar-refractivity contribution in [2.24, 2.45) is 5.73 Å². The van der Waals surface area contributed by atoms with E-state index >= 15 is 0 Å². The maximum absolute atomic E-state index is 11.9. The highest BCUT2D eigenvalue weighted by atomic mass is 16.5. The lowest BCUT2D eigenvalue weighted by atomic mass is 10.0. The standard InChI is InChI=1S/C14H27N3O2/c1-19-10-2-3-13(15)14(18)16-11-6-8-17(9-7-11)12-4-5-12/h11-13H,2-10,15H2,1H3,(H,16,18). The Hall–Kier alpha value is -0.650. The quantitative estimate of drug-likeness (QED) is 0.660. The SMILES string of the molecule is COCCCC(N)C(=O)NC1CCN(C2CC2)CC1. The number of hydrogen-bond donors (Lipinski definition) is 2. The van der Waals surface area contributed by atoms with E-state index < -0.39 is 6.04 Å². The molecule has 1 unspecified atom stereocenters. The average molecular weight is 269 g/mol. The van der Waals surface area contributed by atoms with Crippen molar-refractivity contribution in [1.82, 2.24) is 10.2 Å². The van der Waals surface area contributed by atoms with Gasteiger partial charge in [-0.3, -0.25) is 4.79 Å². The van der Waals surface area contributed by atoms with Crippen LogP contribution in [0.2, 0.25) is 0 Å². The van der Waals surface area contributed by atoms with Crippen molar-refractivity contribution >= 4 is 5.91 Å². The van der Waals surface area contributed by atoms with E-state index in [1.165, 1.54) is 12.8 Å². The van der Waals surface area contributed by atoms with Crippen LogP contribution in [0.15, 0.2) is 0 Å². The maximum atomic E-state index is 11.9. The monoisotopic (exact) mass is 269 g/mol. The molecule has 1 saturated heterocycles. The van der Waals surface area contributed by atoms with Gasteiger partial charge in [0.05, 0.1) is 6.04 Å². The number of ether oxygens (including phenoxy) is 1. The number of nitrogens with one attached hydrogen (secondary N) is 1. The smallest absolute Gasteiger partial charge is 0.237 e. The van der Waals surface area contributed by atoms with Crippen molar-refractivity contribution in [2.75, 3.05) is 26.8 Å². The maximum Gasteiger partial charge on any atom is 0.237 e. The van der Waals surface area contributed by atoms with Gasteiger partial charge in [0.25, 0.3) is 0 Å². The number of nitrogens with zero attached hydrogens (tertiary/aromatic N) is 1. The lowest BCUT2D eigenvalue weighted by Gasteiger charge is -2.32. The second kappa shape index (κ2) is 7.22. The van der Waals surface area contributed by atoms with Crippen LogP contribution in [0.3, 0.4) is 0 Å². The molecule has 0 aromatic rings. The third-order valence-electron chi connectivity index (χ3n) is 4.14. The summed E-state index contributed by atoms with van der Waals surface area (Å²) in [5.74, 6) is 0.000903. The molecular weight excluding hydrogens is 242 g/mol. The van der Waals surface area contributed by atoms with Crippen molar-refractivity contribution in [2.45, 2.75) is 56.7 Å². The van der Waals surface area contributed by atoms with E-state index in [-0.39, 0.29) is 5.91 Å². The fourth-order valence-corrected chi connectivity index (χ4v) is 2.74. The summed E-state index contributed by atoms with van der Waals surface area (Å²) in [6.07, 6.45) is 6.38. The van der Waals surface area contributed by atoms with Gasteiger partial charge in [0, 0.05) is 38.9 Å². The summed E-state index contributed by atoms with van der Waals surface area (Å²) in [4.78, 5) is 14.5. The zero-order valence-corrected chi connectivity index (χ0v) is 11.9. The molecule has 1 heterocycles. The summed E-state index contributed by atoms with van der Waals surface area (Å²) in [6.45, 7) is 2.91. The van der Waals surface area contributed by atoms with Gasteiger partial charge in [-0.1, -0.05) is 0 Å². The molecule has 0 bridgehead atoms. The Labute approximate surface area is 115 Å². The molecule has 19 heavy (non-hydrogen) atoms. The summed E-state index contributed by atoms with van der Waals surface area (Å²) in [7, 11) is 1.67. The van der Waals surface area contributed by atoms with E-state index in [9.17, 15) is 4.79 Å². The highest BCUT2D eigenvalue weighted by Gasteiger charge is 2.32. The Balaban J connectivity index is 1.62. The number of amides is 1. The summed E-state index contributed by atoms with van der Waals surface area (Å²) in [5.41, 5.74) is 5.88. The number of hydrogen-bond acceptors (Lipinski definition) is 4. The van der Waals surface area contributed by atoms with E-state index in [1.807, 2.05) is 0 Å². The molecule has 1 atom stereocenters. The zero-order valence-electron chi connectivity index (χ0n) is 11.9. The van der Waals surface area contributed by atoms with E-state index in [4.69, 9.17) is 10.5 Å². The molecule has 5 heteroatoms. The molecule has 0 aromatic carbocycles. The number of likely N-dealkylation sites (tertiary alicyclic amines) is 1. The minimum Gasteiger partial charge on any atom is -0.385 e. The predicted octanol–water partition coefficient (Wildman–Crippen LogP) is 0.483. The van der Waals surface area contributed by atoms with Gasteiger partial charge in [0.1, 0.15) is 0 Å². The van der Waals surface area contributed by atoms with Crippen LogP contribution in [0.25, 0.3) is 0 Å². The minimum absolute atomic E-state index is 0.000903. The number of nitrogens with two attached hydrogens (primary N) is 1. The van der Waals surface area contributed by atoms with Gasteiger partial charge < -0.3 is 20.7 Å². The third kappa shape index (κ3) is 4.75. The Kier molecular flexibility index (Phi) is 5.60. The lowest BCUT2D eigenvalue weighted by Crippen LogP contribution is -2.50. The largest absolute Gasteiger partial charge is 0.385 e. The van der Waals surface area contributed by atoms with Gasteiger partial charge in [-0.25, -0.2) is 0 Å². The van der Waals surface area contributed by atoms with Crippen LogP contribution in [0.4, 0.5) is 0 Å². The van der Waals surface area contributed by atoms with Crippen LogP contribution in [-0.2, 0) is 9.53 Å². The fraction of sp³-hybridized carbons (Fsp3) is 0.929. The summed E-state index contributed by atoms with van der Waals surface area (Å²) in [6, 6.07) is 0.764. The van der Waals surface area contributed by atoms with Gasteiger partial charge in [0.2, 0.25) is 5.91 Å². The molecule has 0 radical (unpaired) electrons. The molecule has 1 aliphatic carbocycles. The second-order valence-corrected chi connectivity index (χ2v) is 5.79. The van der Waals surface area contributed by atoms with Crippen LogP contribution in [0, 0.1) is 0 Å². The first-order valence-corrected chi connectivity index (χ1v) is 7.49. The number of carbonyl (C=O) groups excluding carboxylic acids is 1. The Morgan fingerprint density at radius 2 is 2.05 bits per heavy atom. The molecule has 1 saturated carbocycles. The highest BCUT2D eigenvalue weighted by Crippen LogP contribution is 2.29. The van der Waals surface area contributed by atoms with Crippen LogP contribution in [-0.4, -0.2) is 55.7 Å². The number of methoxy groups -OCH3 is 1. The molecule has 2 rings (SSSR count). The number of carbonyl (C=O) groups is 1. The van der Waals surface area contributed by atoms with Crippen molar-refractivity contribution in [1.29, 1.82) is 0 Å². The van der Waals surface area contributed by atoms with E-state index in [0.717, 1.165) is 38.4 Å². The molecule has 2 aliphatic rings. The van der Waals surface area contributed by atoms with Gasteiger partial charge >= 0.3 is 0 Å². The summed E-state index contributed by atoms with van der Waals surface area (Å²) >= 11 is 0. The fourth-order valence-electron chi connectivity index (χ4n) is 2.74. The van der Waals surface area contributed by atoms with Crippen molar-refractivity contribution < 1.29 is 9.53 Å². The molecule has 1 aliphatic heterocycles. The molecule has 1 amide bonds. The first-order chi connectivity index (χ1) is 9.20. The first-order valence-electron chi connectivity index (χ1n) is 7.49. The minimum atomic E-state index is -0.392. The molecule has 110 valence electrons. The molecule has 5 nitrogen and oxygen atoms in total. The van der Waals surface area contributed by atoms with E-state index in [1.54, 1.807) is 7.11 Å². The molecule has 0 aromatic heterocycles. The molecular formula is C14H27N3O2. The Bertz CT molecular complexity index is 286. The Morgan fingerprint density at radius 3 is 2.63 bits per heavy atom. The summed E-state index contributed by atoms with van der Waals surface area (Å²) in [5, 5.41) is 3.09. The van der Waals surface area contributed by atoms with Crippen LogP contribution in [0.5, 0.6) is 0 Å². The third-order valence-corrected chi connectivity index (χ3v) is 4.14. The molecule has 0 spiro atoms. The van der Waals surface area contributed by atoms with Crippen molar-refractivity contribution in [3.8, 4) is 0 Å². The number of piperidine rings is 1. The second-order valence-electron chi connectivity index (χ2n) is 5.79. The predicted molar refractivity (Wildman–Crippen MR) is 74.8 cm³/mol. The average Bonchev–Trinajstić information content (AvgIpc) is 3.24. The highest BCUT2D eigenvalue weighted by molar-refractivity contribution is 5.81. The van der Waals surface area contributed by atoms with Gasteiger partial charge in [-0.05, 0) is 38.5 Å². The normalized spacial score (nSPS) is 23.3. The van der Waals surface area contributed by atoms with Gasteiger partial charge in [-0.2, -0.15) is 0 Å².